The van der Waals surface area contributed by atoms with E-state index in [9.17, 15) is 4.79 Å². The minimum atomic E-state index is -1.17. The van der Waals surface area contributed by atoms with Gasteiger partial charge in [0.2, 0.25) is 0 Å². The molecule has 0 aromatic rings. The minimum Gasteiger partial charge on any atom is -1.00 e. The number of carboxylic acid groups (broad SMARTS) is 1. The van der Waals surface area contributed by atoms with Crippen LogP contribution in [0.5, 0.6) is 0 Å². The fourth-order valence-corrected chi connectivity index (χ4v) is 3.40. The van der Waals surface area contributed by atoms with E-state index in [4.69, 9.17) is 15.3 Å². The smallest absolute Gasteiger partial charge is 1.00 e. The Morgan fingerprint density at radius 1 is 0.593 bits per heavy atom. The second-order valence-corrected chi connectivity index (χ2v) is 7.73. The van der Waals surface area contributed by atoms with E-state index in [0.717, 1.165) is 25.7 Å². The number of aliphatic hydroxyl groups is 2. The summed E-state index contributed by atoms with van der Waals surface area (Å²) >= 11 is 0. The van der Waals surface area contributed by atoms with Gasteiger partial charge in [0.15, 0.2) is 6.10 Å². The maximum absolute atomic E-state index is 10.5. The minimum absolute atomic E-state index is 0. The van der Waals surface area contributed by atoms with Crippen LogP contribution in [0, 0.1) is 0 Å². The quantitative estimate of drug-likeness (QED) is 0.200. The number of aliphatic hydroxyl groups excluding tert-OH is 2. The van der Waals surface area contributed by atoms with Gasteiger partial charge < -0.3 is 16.7 Å². The average molecular weight is 413 g/mol. The first-order chi connectivity index (χ1) is 12.7. The van der Waals surface area contributed by atoms with Gasteiger partial charge in [0.1, 0.15) is 0 Å². The van der Waals surface area contributed by atoms with E-state index < -0.39 is 12.1 Å². The van der Waals surface area contributed by atoms with Crippen LogP contribution in [0.3, 0.4) is 0 Å². The molecular formula is C22H45KO4. The molecule has 0 saturated heterocycles. The monoisotopic (exact) mass is 412 g/mol. The first kappa shape index (κ1) is 30.2. The fraction of sp³-hybridized carbons (Fsp3) is 0.955. The summed E-state index contributed by atoms with van der Waals surface area (Å²) < 4.78 is 0. The molecule has 0 amide bonds. The van der Waals surface area contributed by atoms with Gasteiger partial charge in [0, 0.05) is 6.61 Å². The summed E-state index contributed by atoms with van der Waals surface area (Å²) in [6.07, 6.45) is 21.8. The van der Waals surface area contributed by atoms with Crippen molar-refractivity contribution >= 4 is 5.97 Å². The maximum Gasteiger partial charge on any atom is 1.00 e. The molecule has 0 fully saturated rings. The molecule has 27 heavy (non-hydrogen) atoms. The molecule has 0 aliphatic carbocycles. The predicted octanol–water partition coefficient (Wildman–Crippen LogP) is 2.95. The SMILES string of the molecule is O=C(O)C(O)CCCCCCCCCCCCCCCCCCCCO.[H-].[K+]. The van der Waals surface area contributed by atoms with Crippen molar-refractivity contribution in [1.82, 2.24) is 0 Å². The molecule has 0 aliphatic rings. The molecule has 0 spiro atoms. The molecule has 0 aromatic heterocycles. The number of carbonyl (C=O) groups is 1. The second kappa shape index (κ2) is 25.1. The van der Waals surface area contributed by atoms with Crippen LogP contribution in [0.25, 0.3) is 0 Å². The number of carboxylic acids is 1. The van der Waals surface area contributed by atoms with Crippen LogP contribution in [-0.4, -0.2) is 34.0 Å². The fourth-order valence-electron chi connectivity index (χ4n) is 3.40. The van der Waals surface area contributed by atoms with Crippen molar-refractivity contribution < 1.29 is 72.9 Å². The van der Waals surface area contributed by atoms with Crippen LogP contribution in [0.2, 0.25) is 0 Å². The van der Waals surface area contributed by atoms with Crippen LogP contribution < -0.4 is 51.4 Å². The van der Waals surface area contributed by atoms with Crippen LogP contribution >= 0.6 is 0 Å². The van der Waals surface area contributed by atoms with Crippen LogP contribution in [0.15, 0.2) is 0 Å². The zero-order valence-electron chi connectivity index (χ0n) is 19.0. The molecule has 1 atom stereocenters. The number of hydrogen-bond acceptors (Lipinski definition) is 3. The zero-order valence-corrected chi connectivity index (χ0v) is 21.1. The van der Waals surface area contributed by atoms with Gasteiger partial charge in [-0.1, -0.05) is 109 Å². The Kier molecular flexibility index (Phi) is 28.1. The molecule has 1 unspecified atom stereocenters. The van der Waals surface area contributed by atoms with Gasteiger partial charge in [-0.25, -0.2) is 4.79 Å². The molecule has 0 aromatic carbocycles. The molecule has 3 N–H and O–H groups in total. The third-order valence-electron chi connectivity index (χ3n) is 5.17. The third-order valence-corrected chi connectivity index (χ3v) is 5.17. The molecule has 5 heteroatoms. The van der Waals surface area contributed by atoms with Crippen LogP contribution in [-0.2, 0) is 4.79 Å². The summed E-state index contributed by atoms with van der Waals surface area (Å²) in [5.41, 5.74) is 0. The van der Waals surface area contributed by atoms with Crippen molar-refractivity contribution in [2.24, 2.45) is 0 Å². The normalized spacial score (nSPS) is 11.9. The summed E-state index contributed by atoms with van der Waals surface area (Å²) in [6, 6.07) is 0. The summed E-state index contributed by atoms with van der Waals surface area (Å²) in [5, 5.41) is 26.4. The van der Waals surface area contributed by atoms with E-state index in [-0.39, 0.29) is 52.8 Å². The summed E-state index contributed by atoms with van der Waals surface area (Å²) in [4.78, 5) is 10.5. The van der Waals surface area contributed by atoms with Crippen molar-refractivity contribution in [2.45, 2.75) is 128 Å². The number of unbranched alkanes of at least 4 members (excludes halogenated alkanes) is 17. The Balaban J connectivity index is -0.00000312. The van der Waals surface area contributed by atoms with E-state index >= 15 is 0 Å². The topological polar surface area (TPSA) is 77.8 Å². The van der Waals surface area contributed by atoms with Gasteiger partial charge in [0.25, 0.3) is 0 Å². The van der Waals surface area contributed by atoms with Crippen LogP contribution in [0.1, 0.15) is 123 Å². The average Bonchev–Trinajstić information content (AvgIpc) is 2.63. The molecule has 0 heterocycles. The van der Waals surface area contributed by atoms with Gasteiger partial charge in [-0.05, 0) is 12.8 Å². The number of rotatable bonds is 21. The Hall–Kier alpha value is 1.03. The third kappa shape index (κ3) is 25.0. The van der Waals surface area contributed by atoms with E-state index in [1.54, 1.807) is 0 Å². The van der Waals surface area contributed by atoms with Crippen molar-refractivity contribution in [1.29, 1.82) is 0 Å². The molecule has 0 bridgehead atoms. The largest absolute Gasteiger partial charge is 1.00 e. The number of hydrogen-bond donors (Lipinski definition) is 3. The maximum atomic E-state index is 10.5. The molecule has 0 rings (SSSR count). The van der Waals surface area contributed by atoms with E-state index in [1.807, 2.05) is 0 Å². The Morgan fingerprint density at radius 3 is 1.11 bits per heavy atom. The van der Waals surface area contributed by atoms with Crippen molar-refractivity contribution in [3.63, 3.8) is 0 Å². The molecule has 158 valence electrons. The van der Waals surface area contributed by atoms with Crippen LogP contribution in [0.4, 0.5) is 0 Å². The van der Waals surface area contributed by atoms with Gasteiger partial charge in [-0.15, -0.1) is 0 Å². The first-order valence-electron chi connectivity index (χ1n) is 11.2. The van der Waals surface area contributed by atoms with Crippen molar-refractivity contribution in [2.75, 3.05) is 6.61 Å². The Morgan fingerprint density at radius 2 is 0.852 bits per heavy atom. The summed E-state index contributed by atoms with van der Waals surface area (Å²) in [5.74, 6) is -1.10. The molecule has 0 radical (unpaired) electrons. The molecular weight excluding hydrogens is 367 g/mol. The Labute approximate surface area is 211 Å². The molecule has 4 nitrogen and oxygen atoms in total. The molecule has 0 aliphatic heterocycles. The summed E-state index contributed by atoms with van der Waals surface area (Å²) in [7, 11) is 0. The van der Waals surface area contributed by atoms with E-state index in [1.165, 1.54) is 89.9 Å². The van der Waals surface area contributed by atoms with E-state index in [0.29, 0.717) is 13.0 Å². The summed E-state index contributed by atoms with van der Waals surface area (Å²) in [6.45, 7) is 0.347. The Bertz CT molecular complexity index is 306. The van der Waals surface area contributed by atoms with Gasteiger partial charge in [-0.3, -0.25) is 0 Å². The second-order valence-electron chi connectivity index (χ2n) is 7.73. The number of aliphatic carboxylic acids is 1. The van der Waals surface area contributed by atoms with Crippen molar-refractivity contribution in [3.05, 3.63) is 0 Å². The van der Waals surface area contributed by atoms with Gasteiger partial charge >= 0.3 is 57.4 Å². The van der Waals surface area contributed by atoms with Gasteiger partial charge in [0.05, 0.1) is 0 Å². The zero-order chi connectivity index (χ0) is 19.3. The van der Waals surface area contributed by atoms with E-state index in [2.05, 4.69) is 0 Å². The van der Waals surface area contributed by atoms with Crippen molar-refractivity contribution in [3.8, 4) is 0 Å². The van der Waals surface area contributed by atoms with Gasteiger partial charge in [-0.2, -0.15) is 0 Å². The molecule has 0 saturated carbocycles. The standard InChI is InChI=1S/C22H44O4.K.H/c23-20-18-16-14-12-10-8-6-4-2-1-3-5-7-9-11-13-15-17-19-21(24)22(25)26;;/h21,23-24H,1-20H2,(H,25,26);;/q;+1;-1. The first-order valence-corrected chi connectivity index (χ1v) is 11.2. The predicted molar refractivity (Wildman–Crippen MR) is 110 cm³/mol.